The van der Waals surface area contributed by atoms with Crippen LogP contribution in [0.25, 0.3) is 0 Å². The Morgan fingerprint density at radius 2 is 1.74 bits per heavy atom. The van der Waals surface area contributed by atoms with Crippen LogP contribution in [0.4, 0.5) is 0 Å². The van der Waals surface area contributed by atoms with E-state index in [2.05, 4.69) is 68.2 Å². The van der Waals surface area contributed by atoms with E-state index in [-0.39, 0.29) is 0 Å². The zero-order valence-electron chi connectivity index (χ0n) is 16.6. The highest BCUT2D eigenvalue weighted by Gasteiger charge is 2.15. The van der Waals surface area contributed by atoms with Crippen LogP contribution in [0.3, 0.4) is 0 Å². The van der Waals surface area contributed by atoms with Crippen molar-refractivity contribution in [3.8, 4) is 17.6 Å². The normalized spacial score (nSPS) is 16.2. The van der Waals surface area contributed by atoms with E-state index < -0.39 is 0 Å². The first-order chi connectivity index (χ1) is 13.3. The molecular formula is C26H30O. The third kappa shape index (κ3) is 5.76. The largest absolute Gasteiger partial charge is 0.494 e. The third-order valence-corrected chi connectivity index (χ3v) is 5.26. The zero-order chi connectivity index (χ0) is 18.9. The lowest BCUT2D eigenvalue weighted by Crippen LogP contribution is -2.03. The van der Waals surface area contributed by atoms with Gasteiger partial charge in [0.15, 0.2) is 0 Å². The van der Waals surface area contributed by atoms with Gasteiger partial charge in [0.05, 0.1) is 6.61 Å². The van der Waals surface area contributed by atoms with Crippen LogP contribution in [0, 0.1) is 11.8 Å². The molecule has 0 amide bonds. The van der Waals surface area contributed by atoms with Gasteiger partial charge in [0.2, 0.25) is 0 Å². The third-order valence-electron chi connectivity index (χ3n) is 5.26. The van der Waals surface area contributed by atoms with Crippen molar-refractivity contribution in [3.05, 3.63) is 76.9 Å². The first kappa shape index (κ1) is 19.3. The van der Waals surface area contributed by atoms with Crippen molar-refractivity contribution >= 4 is 0 Å². The molecule has 0 fully saturated rings. The molecule has 1 unspecified atom stereocenters. The highest BCUT2D eigenvalue weighted by Crippen LogP contribution is 2.32. The minimum Gasteiger partial charge on any atom is -0.494 e. The Morgan fingerprint density at radius 3 is 2.37 bits per heavy atom. The molecule has 0 aromatic heterocycles. The van der Waals surface area contributed by atoms with Crippen molar-refractivity contribution in [2.75, 3.05) is 6.61 Å². The monoisotopic (exact) mass is 358 g/mol. The zero-order valence-corrected chi connectivity index (χ0v) is 16.6. The fraction of sp³-hybridized carbons (Fsp3) is 0.385. The molecule has 2 aromatic rings. The van der Waals surface area contributed by atoms with Crippen molar-refractivity contribution < 1.29 is 4.74 Å². The molecule has 0 bridgehead atoms. The van der Waals surface area contributed by atoms with Crippen LogP contribution in [-0.4, -0.2) is 6.61 Å². The van der Waals surface area contributed by atoms with Crippen LogP contribution in [0.2, 0.25) is 0 Å². The van der Waals surface area contributed by atoms with Crippen molar-refractivity contribution in [2.24, 2.45) is 0 Å². The van der Waals surface area contributed by atoms with Gasteiger partial charge in [0, 0.05) is 5.56 Å². The van der Waals surface area contributed by atoms with Gasteiger partial charge in [-0.2, -0.15) is 0 Å². The second-order valence-electron chi connectivity index (χ2n) is 7.27. The summed E-state index contributed by atoms with van der Waals surface area (Å²) in [5.74, 6) is 8.25. The van der Waals surface area contributed by atoms with E-state index in [0.717, 1.165) is 50.0 Å². The predicted molar refractivity (Wildman–Crippen MR) is 114 cm³/mol. The minimum absolute atomic E-state index is 0.640. The Balaban J connectivity index is 1.55. The summed E-state index contributed by atoms with van der Waals surface area (Å²) in [5, 5.41) is 0. The van der Waals surface area contributed by atoms with E-state index in [0.29, 0.717) is 5.92 Å². The Kier molecular flexibility index (Phi) is 7.17. The molecule has 0 spiro atoms. The number of ether oxygens (including phenoxy) is 1. The average Bonchev–Trinajstić information content (AvgIpc) is 2.74. The molecule has 27 heavy (non-hydrogen) atoms. The van der Waals surface area contributed by atoms with Crippen LogP contribution in [0.5, 0.6) is 5.75 Å². The molecule has 140 valence electrons. The van der Waals surface area contributed by atoms with Gasteiger partial charge in [-0.1, -0.05) is 62.5 Å². The Bertz CT molecular complexity index is 800. The number of allylic oxidation sites excluding steroid dienone is 2. The molecule has 0 heterocycles. The summed E-state index contributed by atoms with van der Waals surface area (Å²) in [6, 6.07) is 17.3. The highest BCUT2D eigenvalue weighted by molar-refractivity contribution is 5.43. The second kappa shape index (κ2) is 10.0. The molecule has 0 aliphatic heterocycles. The van der Waals surface area contributed by atoms with Gasteiger partial charge in [0.1, 0.15) is 5.75 Å². The lowest BCUT2D eigenvalue weighted by Gasteiger charge is -2.20. The van der Waals surface area contributed by atoms with E-state index in [1.54, 1.807) is 0 Å². The molecule has 1 aliphatic rings. The smallest absolute Gasteiger partial charge is 0.119 e. The summed E-state index contributed by atoms with van der Waals surface area (Å²) in [6.45, 7) is 5.17. The van der Waals surface area contributed by atoms with Crippen LogP contribution in [0.15, 0.2) is 60.2 Å². The molecule has 1 heteroatoms. The van der Waals surface area contributed by atoms with E-state index in [4.69, 9.17) is 4.74 Å². The SMILES string of the molecule is CCCCOc1ccc(C#CC2=CCC(c3ccc(CC)cc3)CC2)cc1. The highest BCUT2D eigenvalue weighted by atomic mass is 16.5. The van der Waals surface area contributed by atoms with E-state index in [9.17, 15) is 0 Å². The Hall–Kier alpha value is -2.46. The number of aryl methyl sites for hydroxylation is 1. The molecule has 0 saturated carbocycles. The maximum Gasteiger partial charge on any atom is 0.119 e. The number of benzene rings is 2. The number of hydrogen-bond donors (Lipinski definition) is 0. The fourth-order valence-corrected chi connectivity index (χ4v) is 3.40. The standard InChI is InChI=1S/C26H30O/c1-3-5-20-27-26-18-12-23(13-19-26)7-6-22-10-16-25(17-11-22)24-14-8-21(4-2)9-15-24/h8-10,12-15,18-19,25H,3-5,11,16-17,20H2,1-2H3. The van der Waals surface area contributed by atoms with Gasteiger partial charge in [-0.3, -0.25) is 0 Å². The lowest BCUT2D eigenvalue weighted by molar-refractivity contribution is 0.309. The van der Waals surface area contributed by atoms with E-state index >= 15 is 0 Å². The summed E-state index contributed by atoms with van der Waals surface area (Å²) in [4.78, 5) is 0. The van der Waals surface area contributed by atoms with Crippen LogP contribution < -0.4 is 4.74 Å². The number of unbranched alkanes of at least 4 members (excludes halogenated alkanes) is 1. The minimum atomic E-state index is 0.640. The molecular weight excluding hydrogens is 328 g/mol. The van der Waals surface area contributed by atoms with E-state index in [1.807, 2.05) is 12.1 Å². The summed E-state index contributed by atoms with van der Waals surface area (Å²) in [6.07, 6.45) is 9.05. The average molecular weight is 359 g/mol. The van der Waals surface area contributed by atoms with E-state index in [1.165, 1.54) is 23.1 Å². The van der Waals surface area contributed by atoms with Gasteiger partial charge in [0.25, 0.3) is 0 Å². The Morgan fingerprint density at radius 1 is 0.963 bits per heavy atom. The number of rotatable bonds is 6. The van der Waals surface area contributed by atoms with Gasteiger partial charge in [-0.15, -0.1) is 0 Å². The van der Waals surface area contributed by atoms with Crippen molar-refractivity contribution in [3.63, 3.8) is 0 Å². The lowest BCUT2D eigenvalue weighted by atomic mass is 9.84. The van der Waals surface area contributed by atoms with Crippen LogP contribution >= 0.6 is 0 Å². The molecule has 2 aromatic carbocycles. The predicted octanol–water partition coefficient (Wildman–Crippen LogP) is 6.67. The summed E-state index contributed by atoms with van der Waals surface area (Å²) < 4.78 is 5.70. The van der Waals surface area contributed by atoms with Gasteiger partial charge in [-0.05, 0) is 79.0 Å². The van der Waals surface area contributed by atoms with Gasteiger partial charge < -0.3 is 4.74 Å². The first-order valence-corrected chi connectivity index (χ1v) is 10.3. The summed E-state index contributed by atoms with van der Waals surface area (Å²) in [7, 11) is 0. The quantitative estimate of drug-likeness (QED) is 0.414. The molecule has 0 N–H and O–H groups in total. The first-order valence-electron chi connectivity index (χ1n) is 10.3. The summed E-state index contributed by atoms with van der Waals surface area (Å²) in [5.41, 5.74) is 5.21. The van der Waals surface area contributed by atoms with Crippen molar-refractivity contribution in [2.45, 2.75) is 58.3 Å². The van der Waals surface area contributed by atoms with Gasteiger partial charge in [-0.25, -0.2) is 0 Å². The maximum atomic E-state index is 5.70. The molecule has 3 rings (SSSR count). The fourth-order valence-electron chi connectivity index (χ4n) is 3.40. The molecule has 0 saturated heterocycles. The van der Waals surface area contributed by atoms with Crippen LogP contribution in [0.1, 0.15) is 68.6 Å². The van der Waals surface area contributed by atoms with Crippen molar-refractivity contribution in [1.29, 1.82) is 0 Å². The summed E-state index contributed by atoms with van der Waals surface area (Å²) >= 11 is 0. The number of hydrogen-bond acceptors (Lipinski definition) is 1. The second-order valence-corrected chi connectivity index (χ2v) is 7.27. The molecule has 1 aliphatic carbocycles. The van der Waals surface area contributed by atoms with Crippen LogP contribution in [-0.2, 0) is 6.42 Å². The Labute approximate surface area is 164 Å². The molecule has 1 atom stereocenters. The van der Waals surface area contributed by atoms with Gasteiger partial charge >= 0.3 is 0 Å². The van der Waals surface area contributed by atoms with Crippen molar-refractivity contribution in [1.82, 2.24) is 0 Å². The molecule has 1 nitrogen and oxygen atoms in total. The molecule has 0 radical (unpaired) electrons. The topological polar surface area (TPSA) is 9.23 Å². The maximum absolute atomic E-state index is 5.70.